The smallest absolute Gasteiger partial charge is 0.338 e. The van der Waals surface area contributed by atoms with Crippen LogP contribution in [0.2, 0.25) is 0 Å². The Kier molecular flexibility index (Phi) is 12.3. The molecule has 0 aliphatic rings. The third-order valence-corrected chi connectivity index (χ3v) is 3.97. The normalized spacial score (nSPS) is 10.4. The Hall–Kier alpha value is -3.12. The van der Waals surface area contributed by atoms with Gasteiger partial charge in [-0.05, 0) is 56.4 Å². The van der Waals surface area contributed by atoms with Crippen LogP contribution in [0.25, 0.3) is 6.08 Å². The van der Waals surface area contributed by atoms with Gasteiger partial charge in [-0.1, -0.05) is 43.7 Å². The molecule has 0 saturated heterocycles. The van der Waals surface area contributed by atoms with Crippen molar-refractivity contribution in [1.82, 2.24) is 4.90 Å². The lowest BCUT2D eigenvalue weighted by molar-refractivity contribution is -0.131. The number of nitrogens with zero attached hydrogens (tertiary/aromatic N) is 1. The summed E-state index contributed by atoms with van der Waals surface area (Å²) in [5.41, 5.74) is 2.54. The molecule has 2 aromatic rings. The molecule has 30 heavy (non-hydrogen) atoms. The number of carboxylic acids is 1. The maximum Gasteiger partial charge on any atom is 0.338 e. The van der Waals surface area contributed by atoms with Crippen LogP contribution in [0, 0.1) is 0 Å². The van der Waals surface area contributed by atoms with Crippen LogP contribution in [-0.2, 0) is 9.53 Å². The van der Waals surface area contributed by atoms with Crippen molar-refractivity contribution in [3.8, 4) is 0 Å². The Morgan fingerprint density at radius 2 is 1.73 bits per heavy atom. The standard InChI is InChI=1S/C15H24N2O2.C9H8O2/c1-4-5-10-16-14-8-6-13(7-9-14)15(18)19-12-11-17(2)3;10-9(11)7-6-8-4-2-1-3-5-8/h6-9,16H,4-5,10-12H2,1-3H3;1-7H,(H,10,11)/b;7-6+. The Bertz CT molecular complexity index is 772. The average Bonchev–Trinajstić information content (AvgIpc) is 2.74. The summed E-state index contributed by atoms with van der Waals surface area (Å²) in [6.07, 6.45) is 5.00. The van der Waals surface area contributed by atoms with Crippen molar-refractivity contribution in [1.29, 1.82) is 0 Å². The first-order chi connectivity index (χ1) is 14.4. The molecule has 2 rings (SSSR count). The molecule has 2 N–H and O–H groups in total. The van der Waals surface area contributed by atoms with E-state index in [9.17, 15) is 9.59 Å². The van der Waals surface area contributed by atoms with Crippen LogP contribution in [0.1, 0.15) is 35.7 Å². The monoisotopic (exact) mass is 412 g/mol. The molecular formula is C24H32N2O4. The molecule has 0 fully saturated rings. The first-order valence-electron chi connectivity index (χ1n) is 10.0. The van der Waals surface area contributed by atoms with Gasteiger partial charge in [-0.3, -0.25) is 0 Å². The van der Waals surface area contributed by atoms with E-state index < -0.39 is 5.97 Å². The number of rotatable bonds is 10. The van der Waals surface area contributed by atoms with Crippen LogP contribution in [0.3, 0.4) is 0 Å². The fourth-order valence-electron chi connectivity index (χ4n) is 2.27. The second-order valence-electron chi connectivity index (χ2n) is 6.88. The van der Waals surface area contributed by atoms with Crippen molar-refractivity contribution in [2.24, 2.45) is 0 Å². The summed E-state index contributed by atoms with van der Waals surface area (Å²) in [5.74, 6) is -1.18. The Labute approximate surface area is 179 Å². The van der Waals surface area contributed by atoms with Gasteiger partial charge in [-0.15, -0.1) is 0 Å². The minimum Gasteiger partial charge on any atom is -0.478 e. The highest BCUT2D eigenvalue weighted by atomic mass is 16.5. The number of anilines is 1. The molecule has 0 radical (unpaired) electrons. The predicted molar refractivity (Wildman–Crippen MR) is 122 cm³/mol. The van der Waals surface area contributed by atoms with Crippen LogP contribution in [0.15, 0.2) is 60.7 Å². The molecule has 6 nitrogen and oxygen atoms in total. The lowest BCUT2D eigenvalue weighted by Gasteiger charge is -2.10. The van der Waals surface area contributed by atoms with Gasteiger partial charge in [0.2, 0.25) is 0 Å². The highest BCUT2D eigenvalue weighted by Gasteiger charge is 2.06. The van der Waals surface area contributed by atoms with Gasteiger partial charge in [0.05, 0.1) is 5.56 Å². The quantitative estimate of drug-likeness (QED) is 0.342. The van der Waals surface area contributed by atoms with E-state index in [4.69, 9.17) is 9.84 Å². The maximum absolute atomic E-state index is 11.7. The van der Waals surface area contributed by atoms with E-state index >= 15 is 0 Å². The number of esters is 1. The fraction of sp³-hybridized carbons (Fsp3) is 0.333. The van der Waals surface area contributed by atoms with Gasteiger partial charge >= 0.3 is 11.9 Å². The molecule has 0 bridgehead atoms. The Morgan fingerprint density at radius 3 is 2.30 bits per heavy atom. The molecule has 0 amide bonds. The van der Waals surface area contributed by atoms with Crippen molar-refractivity contribution in [3.63, 3.8) is 0 Å². The summed E-state index contributed by atoms with van der Waals surface area (Å²) in [5, 5.41) is 11.6. The SMILES string of the molecule is CCCCNc1ccc(C(=O)OCCN(C)C)cc1.O=C(O)/C=C/c1ccccc1. The summed E-state index contributed by atoms with van der Waals surface area (Å²) in [6.45, 7) is 4.28. The van der Waals surface area contributed by atoms with Crippen molar-refractivity contribution in [2.45, 2.75) is 19.8 Å². The number of likely N-dealkylation sites (N-methyl/N-ethyl adjacent to an activating group) is 1. The second-order valence-corrected chi connectivity index (χ2v) is 6.88. The molecule has 6 heteroatoms. The number of hydrogen-bond acceptors (Lipinski definition) is 5. The molecule has 0 aliphatic heterocycles. The number of carbonyl (C=O) groups is 2. The van der Waals surface area contributed by atoms with Crippen molar-refractivity contribution < 1.29 is 19.4 Å². The van der Waals surface area contributed by atoms with Crippen molar-refractivity contribution in [3.05, 3.63) is 71.8 Å². The van der Waals surface area contributed by atoms with Crippen LogP contribution in [0.4, 0.5) is 5.69 Å². The van der Waals surface area contributed by atoms with Crippen LogP contribution in [-0.4, -0.2) is 55.7 Å². The lowest BCUT2D eigenvalue weighted by atomic mass is 10.2. The highest BCUT2D eigenvalue weighted by Crippen LogP contribution is 2.10. The minimum absolute atomic E-state index is 0.262. The highest BCUT2D eigenvalue weighted by molar-refractivity contribution is 5.89. The number of carbonyl (C=O) groups excluding carboxylic acids is 1. The zero-order chi connectivity index (χ0) is 22.2. The Morgan fingerprint density at radius 1 is 1.07 bits per heavy atom. The van der Waals surface area contributed by atoms with Gasteiger partial charge in [0.1, 0.15) is 6.61 Å². The number of benzene rings is 2. The van der Waals surface area contributed by atoms with Crippen LogP contribution < -0.4 is 5.32 Å². The average molecular weight is 413 g/mol. The first-order valence-corrected chi connectivity index (χ1v) is 10.0. The van der Waals surface area contributed by atoms with E-state index in [0.29, 0.717) is 12.2 Å². The molecule has 0 heterocycles. The van der Waals surface area contributed by atoms with Gasteiger partial charge in [-0.2, -0.15) is 0 Å². The third-order valence-electron chi connectivity index (χ3n) is 3.97. The zero-order valence-corrected chi connectivity index (χ0v) is 18.0. The molecule has 0 spiro atoms. The van der Waals surface area contributed by atoms with E-state index in [-0.39, 0.29) is 5.97 Å². The molecule has 0 aromatic heterocycles. The largest absolute Gasteiger partial charge is 0.478 e. The summed E-state index contributed by atoms with van der Waals surface area (Å²) in [6, 6.07) is 16.7. The summed E-state index contributed by atoms with van der Waals surface area (Å²) >= 11 is 0. The summed E-state index contributed by atoms with van der Waals surface area (Å²) in [4.78, 5) is 23.8. The van der Waals surface area contributed by atoms with Crippen molar-refractivity contribution >= 4 is 23.7 Å². The van der Waals surface area contributed by atoms with E-state index in [1.54, 1.807) is 18.2 Å². The summed E-state index contributed by atoms with van der Waals surface area (Å²) < 4.78 is 5.18. The maximum atomic E-state index is 11.7. The fourth-order valence-corrected chi connectivity index (χ4v) is 2.27. The minimum atomic E-state index is -0.922. The van der Waals surface area contributed by atoms with E-state index in [2.05, 4.69) is 12.2 Å². The van der Waals surface area contributed by atoms with Crippen LogP contribution in [0.5, 0.6) is 0 Å². The molecule has 0 aliphatic carbocycles. The van der Waals surface area contributed by atoms with E-state index in [1.807, 2.05) is 61.5 Å². The van der Waals surface area contributed by atoms with Gasteiger partial charge < -0.3 is 20.1 Å². The molecule has 0 unspecified atom stereocenters. The number of aliphatic carboxylic acids is 1. The third kappa shape index (κ3) is 11.7. The summed E-state index contributed by atoms with van der Waals surface area (Å²) in [7, 11) is 3.90. The van der Waals surface area contributed by atoms with Gasteiger partial charge in [0.25, 0.3) is 0 Å². The number of ether oxygens (including phenoxy) is 1. The molecule has 0 saturated carbocycles. The van der Waals surface area contributed by atoms with Gasteiger partial charge in [0, 0.05) is 24.9 Å². The van der Waals surface area contributed by atoms with E-state index in [1.165, 1.54) is 6.42 Å². The number of nitrogens with one attached hydrogen (secondary N) is 1. The Balaban J connectivity index is 0.000000346. The van der Waals surface area contributed by atoms with Crippen molar-refractivity contribution in [2.75, 3.05) is 39.1 Å². The number of unbranched alkanes of at least 4 members (excludes halogenated alkanes) is 1. The zero-order valence-electron chi connectivity index (χ0n) is 18.0. The van der Waals surface area contributed by atoms with E-state index in [0.717, 1.165) is 36.8 Å². The van der Waals surface area contributed by atoms with Gasteiger partial charge in [-0.25, -0.2) is 9.59 Å². The molecular weight excluding hydrogens is 380 g/mol. The first kappa shape index (κ1) is 24.9. The number of carboxylic acid groups (broad SMARTS) is 1. The predicted octanol–water partition coefficient (Wildman–Crippen LogP) is 4.40. The molecule has 0 atom stereocenters. The topological polar surface area (TPSA) is 78.9 Å². The molecule has 2 aromatic carbocycles. The molecule has 162 valence electrons. The van der Waals surface area contributed by atoms with Crippen LogP contribution >= 0.6 is 0 Å². The lowest BCUT2D eigenvalue weighted by Crippen LogP contribution is -2.20. The number of hydrogen-bond donors (Lipinski definition) is 2. The second kappa shape index (κ2) is 14.8. The van der Waals surface area contributed by atoms with Gasteiger partial charge in [0.15, 0.2) is 0 Å².